The molecular weight excluding hydrogens is 288 g/mol. The second-order valence-electron chi connectivity index (χ2n) is 4.05. The molecule has 1 aromatic rings. The number of anilines is 1. The number of benzene rings is 1. The summed E-state index contributed by atoms with van der Waals surface area (Å²) < 4.78 is 48.4. The molecular formula is C11H18N2O4S2. The lowest BCUT2D eigenvalue weighted by atomic mass is 10.3. The monoisotopic (exact) mass is 306 g/mol. The van der Waals surface area contributed by atoms with Crippen LogP contribution in [0.15, 0.2) is 29.2 Å². The Morgan fingerprint density at radius 2 is 1.74 bits per heavy atom. The number of rotatable bonds is 7. The molecule has 0 saturated carbocycles. The molecule has 0 unspecified atom stereocenters. The molecule has 0 heterocycles. The first-order valence-electron chi connectivity index (χ1n) is 5.76. The largest absolute Gasteiger partial charge is 0.384 e. The highest BCUT2D eigenvalue weighted by Gasteiger charge is 2.18. The van der Waals surface area contributed by atoms with Gasteiger partial charge in [0.05, 0.1) is 11.4 Å². The van der Waals surface area contributed by atoms with Crippen LogP contribution >= 0.6 is 0 Å². The van der Waals surface area contributed by atoms with Gasteiger partial charge in [-0.15, -0.1) is 0 Å². The van der Waals surface area contributed by atoms with E-state index in [9.17, 15) is 16.8 Å². The van der Waals surface area contributed by atoms with E-state index in [0.717, 1.165) is 6.26 Å². The van der Waals surface area contributed by atoms with Crippen molar-refractivity contribution >= 4 is 25.5 Å². The fourth-order valence-electron chi connectivity index (χ4n) is 1.48. The van der Waals surface area contributed by atoms with Crippen LogP contribution in [-0.4, -0.2) is 41.9 Å². The number of sulfonamides is 1. The van der Waals surface area contributed by atoms with Crippen molar-refractivity contribution in [1.82, 2.24) is 4.72 Å². The van der Waals surface area contributed by atoms with Gasteiger partial charge in [0.1, 0.15) is 14.7 Å². The minimum absolute atomic E-state index is 0.116. The van der Waals surface area contributed by atoms with E-state index >= 15 is 0 Å². The summed E-state index contributed by atoms with van der Waals surface area (Å²) in [5.41, 5.74) is 0.497. The first-order valence-corrected chi connectivity index (χ1v) is 9.31. The van der Waals surface area contributed by atoms with E-state index in [1.807, 2.05) is 6.92 Å². The van der Waals surface area contributed by atoms with Crippen LogP contribution in [0.2, 0.25) is 0 Å². The predicted molar refractivity (Wildman–Crippen MR) is 75.5 cm³/mol. The van der Waals surface area contributed by atoms with Gasteiger partial charge in [0, 0.05) is 19.3 Å². The Hall–Kier alpha value is -1.12. The van der Waals surface area contributed by atoms with E-state index < -0.39 is 19.9 Å². The highest BCUT2D eigenvalue weighted by molar-refractivity contribution is 7.91. The highest BCUT2D eigenvalue weighted by atomic mass is 32.2. The molecule has 0 bridgehead atoms. The Kier molecular flexibility index (Phi) is 5.33. The molecule has 2 N–H and O–H groups in total. The topological polar surface area (TPSA) is 92.3 Å². The number of nitrogens with one attached hydrogen (secondary N) is 2. The quantitative estimate of drug-likeness (QED) is 0.762. The summed E-state index contributed by atoms with van der Waals surface area (Å²) in [6, 6.07) is 6.48. The fourth-order valence-corrected chi connectivity index (χ4v) is 3.29. The molecule has 0 saturated heterocycles. The average molecular weight is 306 g/mol. The van der Waals surface area contributed by atoms with Crippen LogP contribution in [0.3, 0.4) is 0 Å². The summed E-state index contributed by atoms with van der Waals surface area (Å²) in [7, 11) is -6.90. The molecule has 0 aliphatic rings. The number of para-hydroxylation sites is 1. The number of hydrogen-bond donors (Lipinski definition) is 2. The third-order valence-electron chi connectivity index (χ3n) is 2.31. The van der Waals surface area contributed by atoms with Gasteiger partial charge in [0.2, 0.25) is 10.0 Å². The van der Waals surface area contributed by atoms with Crippen molar-refractivity contribution in [3.8, 4) is 0 Å². The van der Waals surface area contributed by atoms with Crippen LogP contribution in [0.1, 0.15) is 6.92 Å². The maximum atomic E-state index is 12.1. The van der Waals surface area contributed by atoms with E-state index in [-0.39, 0.29) is 17.2 Å². The molecule has 0 aliphatic heterocycles. The molecule has 0 spiro atoms. The van der Waals surface area contributed by atoms with Crippen LogP contribution in [-0.2, 0) is 19.9 Å². The lowest BCUT2D eigenvalue weighted by Gasteiger charge is -2.11. The smallest absolute Gasteiger partial charge is 0.242 e. The maximum Gasteiger partial charge on any atom is 0.242 e. The van der Waals surface area contributed by atoms with Gasteiger partial charge in [0.15, 0.2) is 0 Å². The third kappa shape index (κ3) is 5.17. The van der Waals surface area contributed by atoms with Crippen LogP contribution < -0.4 is 10.0 Å². The van der Waals surface area contributed by atoms with Crippen LogP contribution in [0, 0.1) is 0 Å². The van der Waals surface area contributed by atoms with Crippen LogP contribution in [0.25, 0.3) is 0 Å². The Morgan fingerprint density at radius 1 is 1.11 bits per heavy atom. The summed E-state index contributed by atoms with van der Waals surface area (Å²) in [6.45, 7) is 2.32. The zero-order chi connectivity index (χ0) is 14.5. The van der Waals surface area contributed by atoms with Gasteiger partial charge in [-0.3, -0.25) is 0 Å². The molecule has 0 radical (unpaired) electrons. The maximum absolute atomic E-state index is 12.1. The van der Waals surface area contributed by atoms with Crippen molar-refractivity contribution in [2.75, 3.05) is 30.4 Å². The van der Waals surface area contributed by atoms with Gasteiger partial charge >= 0.3 is 0 Å². The molecule has 6 nitrogen and oxygen atoms in total. The minimum atomic E-state index is -3.71. The standard InChI is InChI=1S/C11H18N2O4S2/c1-3-12-10-6-4-5-7-11(10)19(16,17)13-8-9-18(2,14)15/h4-7,12-13H,3,8-9H2,1-2H3. The molecule has 1 rings (SSSR count). The van der Waals surface area contributed by atoms with Gasteiger partial charge in [-0.05, 0) is 19.1 Å². The Balaban J connectivity index is 2.88. The van der Waals surface area contributed by atoms with Crippen molar-refractivity contribution in [2.45, 2.75) is 11.8 Å². The summed E-state index contributed by atoms with van der Waals surface area (Å²) >= 11 is 0. The van der Waals surface area contributed by atoms with Crippen molar-refractivity contribution in [3.05, 3.63) is 24.3 Å². The van der Waals surface area contributed by atoms with E-state index in [0.29, 0.717) is 12.2 Å². The summed E-state index contributed by atoms with van der Waals surface area (Å²) in [5.74, 6) is -0.227. The lowest BCUT2D eigenvalue weighted by Crippen LogP contribution is -2.29. The Bertz CT molecular complexity index is 624. The molecule has 0 aromatic heterocycles. The van der Waals surface area contributed by atoms with Gasteiger partial charge in [-0.2, -0.15) is 0 Å². The van der Waals surface area contributed by atoms with E-state index in [1.165, 1.54) is 6.07 Å². The van der Waals surface area contributed by atoms with Crippen LogP contribution in [0.5, 0.6) is 0 Å². The minimum Gasteiger partial charge on any atom is -0.384 e. The zero-order valence-electron chi connectivity index (χ0n) is 10.9. The van der Waals surface area contributed by atoms with Crippen molar-refractivity contribution < 1.29 is 16.8 Å². The Labute approximate surface area is 114 Å². The van der Waals surface area contributed by atoms with Crippen LogP contribution in [0.4, 0.5) is 5.69 Å². The molecule has 8 heteroatoms. The zero-order valence-corrected chi connectivity index (χ0v) is 12.5. The van der Waals surface area contributed by atoms with Gasteiger partial charge in [-0.25, -0.2) is 21.6 Å². The first kappa shape index (κ1) is 15.9. The molecule has 0 amide bonds. The van der Waals surface area contributed by atoms with Crippen molar-refractivity contribution in [3.63, 3.8) is 0 Å². The van der Waals surface area contributed by atoms with Gasteiger partial charge < -0.3 is 5.32 Å². The summed E-state index contributed by atoms with van der Waals surface area (Å²) in [4.78, 5) is 0.116. The summed E-state index contributed by atoms with van der Waals surface area (Å²) in [6.07, 6.45) is 1.06. The molecule has 1 aromatic carbocycles. The second-order valence-corrected chi connectivity index (χ2v) is 8.05. The molecule has 0 aliphatic carbocycles. The van der Waals surface area contributed by atoms with Gasteiger partial charge in [-0.1, -0.05) is 12.1 Å². The lowest BCUT2D eigenvalue weighted by molar-refractivity contribution is 0.582. The summed E-state index contributed by atoms with van der Waals surface area (Å²) in [5, 5.41) is 2.95. The SMILES string of the molecule is CCNc1ccccc1S(=O)(=O)NCCS(C)(=O)=O. The number of sulfone groups is 1. The fraction of sp³-hybridized carbons (Fsp3) is 0.455. The van der Waals surface area contributed by atoms with Crippen molar-refractivity contribution in [2.24, 2.45) is 0 Å². The normalized spacial score (nSPS) is 12.3. The predicted octanol–water partition coefficient (Wildman–Crippen LogP) is 0.441. The third-order valence-corrected chi connectivity index (χ3v) is 4.77. The van der Waals surface area contributed by atoms with Crippen molar-refractivity contribution in [1.29, 1.82) is 0 Å². The molecule has 19 heavy (non-hydrogen) atoms. The second kappa shape index (κ2) is 6.36. The van der Waals surface area contributed by atoms with E-state index in [4.69, 9.17) is 0 Å². The van der Waals surface area contributed by atoms with E-state index in [2.05, 4.69) is 10.0 Å². The average Bonchev–Trinajstić information content (AvgIpc) is 2.28. The highest BCUT2D eigenvalue weighted by Crippen LogP contribution is 2.20. The van der Waals surface area contributed by atoms with Gasteiger partial charge in [0.25, 0.3) is 0 Å². The molecule has 108 valence electrons. The Morgan fingerprint density at radius 3 is 2.32 bits per heavy atom. The first-order chi connectivity index (χ1) is 8.76. The number of hydrogen-bond acceptors (Lipinski definition) is 5. The molecule has 0 fully saturated rings. The molecule has 0 atom stereocenters. The van der Waals surface area contributed by atoms with E-state index in [1.54, 1.807) is 18.2 Å².